The number of rotatable bonds is 3. The van der Waals surface area contributed by atoms with Crippen molar-refractivity contribution in [3.8, 4) is 11.3 Å². The Kier molecular flexibility index (Phi) is 3.02. The summed E-state index contributed by atoms with van der Waals surface area (Å²) < 4.78 is 1.61. The summed E-state index contributed by atoms with van der Waals surface area (Å²) in [5.74, 6) is 6.85. The normalized spacial score (nSPS) is 10.5. The van der Waals surface area contributed by atoms with Gasteiger partial charge in [-0.3, -0.25) is 4.68 Å². The zero-order chi connectivity index (χ0) is 13.1. The molecule has 0 saturated carbocycles. The Hall–Kier alpha value is -2.55. The van der Waals surface area contributed by atoms with Crippen molar-refractivity contribution < 1.29 is 0 Å². The van der Waals surface area contributed by atoms with E-state index in [0.717, 1.165) is 23.5 Å². The van der Waals surface area contributed by atoms with Gasteiger partial charge in [0.25, 0.3) is 0 Å². The summed E-state index contributed by atoms with van der Waals surface area (Å²) in [7, 11) is 0. The lowest BCUT2D eigenvalue weighted by atomic mass is 10.1. The lowest BCUT2D eigenvalue weighted by Crippen LogP contribution is -2.11. The summed E-state index contributed by atoms with van der Waals surface area (Å²) in [5.41, 5.74) is 3.20. The maximum atomic E-state index is 5.98. The maximum absolute atomic E-state index is 5.98. The summed E-state index contributed by atoms with van der Waals surface area (Å²) >= 11 is 0. The number of nitrogen functional groups attached to an aromatic ring is 1. The third-order valence-electron chi connectivity index (χ3n) is 3.08. The molecule has 3 rings (SSSR count). The van der Waals surface area contributed by atoms with Crippen LogP contribution in [0.4, 0.5) is 0 Å². The molecule has 0 spiro atoms. The van der Waals surface area contributed by atoms with E-state index in [9.17, 15) is 0 Å². The number of aromatic nitrogens is 2. The van der Waals surface area contributed by atoms with Crippen LogP contribution in [-0.4, -0.2) is 9.66 Å². The van der Waals surface area contributed by atoms with E-state index in [-0.39, 0.29) is 0 Å². The third kappa shape index (κ3) is 2.50. The molecule has 19 heavy (non-hydrogen) atoms. The molecule has 0 aliphatic rings. The van der Waals surface area contributed by atoms with Crippen molar-refractivity contribution in [2.75, 3.05) is 5.84 Å². The number of hydrogen-bond acceptors (Lipinski definition) is 2. The fraction of sp³-hybridized carbons (Fsp3) is 0.0625. The van der Waals surface area contributed by atoms with Gasteiger partial charge in [-0.25, -0.2) is 4.98 Å². The zero-order valence-electron chi connectivity index (χ0n) is 10.5. The van der Waals surface area contributed by atoms with E-state index in [1.54, 1.807) is 4.68 Å². The second kappa shape index (κ2) is 4.98. The highest BCUT2D eigenvalue weighted by Gasteiger charge is 2.08. The molecule has 0 amide bonds. The van der Waals surface area contributed by atoms with E-state index in [1.807, 2.05) is 54.7 Å². The predicted octanol–water partition coefficient (Wildman–Crippen LogP) is 2.85. The van der Waals surface area contributed by atoms with Crippen molar-refractivity contribution in [1.82, 2.24) is 9.66 Å². The lowest BCUT2D eigenvalue weighted by Gasteiger charge is -2.00. The first-order valence-corrected chi connectivity index (χ1v) is 6.25. The molecule has 0 fully saturated rings. The molecule has 2 N–H and O–H groups in total. The van der Waals surface area contributed by atoms with Gasteiger partial charge in [0.1, 0.15) is 5.82 Å². The molecule has 94 valence electrons. The molecule has 3 heteroatoms. The van der Waals surface area contributed by atoms with Crippen molar-refractivity contribution in [2.24, 2.45) is 0 Å². The molecule has 0 atom stereocenters. The van der Waals surface area contributed by atoms with Crippen LogP contribution in [0.3, 0.4) is 0 Å². The van der Waals surface area contributed by atoms with Crippen molar-refractivity contribution in [2.45, 2.75) is 6.42 Å². The van der Waals surface area contributed by atoms with Gasteiger partial charge >= 0.3 is 0 Å². The largest absolute Gasteiger partial charge is 0.338 e. The Bertz CT molecular complexity index is 657. The minimum absolute atomic E-state index is 0.740. The van der Waals surface area contributed by atoms with Gasteiger partial charge in [-0.2, -0.15) is 0 Å². The van der Waals surface area contributed by atoms with Crippen LogP contribution < -0.4 is 5.84 Å². The Morgan fingerprint density at radius 3 is 2.21 bits per heavy atom. The molecule has 1 heterocycles. The van der Waals surface area contributed by atoms with Crippen molar-refractivity contribution in [3.63, 3.8) is 0 Å². The maximum Gasteiger partial charge on any atom is 0.132 e. The number of nitrogens with zero attached hydrogens (tertiary/aromatic N) is 2. The molecule has 0 unspecified atom stereocenters. The molecule has 0 bridgehead atoms. The monoisotopic (exact) mass is 249 g/mol. The predicted molar refractivity (Wildman–Crippen MR) is 77.1 cm³/mol. The van der Waals surface area contributed by atoms with E-state index >= 15 is 0 Å². The van der Waals surface area contributed by atoms with Crippen molar-refractivity contribution >= 4 is 0 Å². The Balaban J connectivity index is 1.90. The third-order valence-corrected chi connectivity index (χ3v) is 3.08. The van der Waals surface area contributed by atoms with Gasteiger partial charge in [0.15, 0.2) is 0 Å². The number of nitrogens with two attached hydrogens (primary N) is 1. The van der Waals surface area contributed by atoms with E-state index in [0.29, 0.717) is 0 Å². The van der Waals surface area contributed by atoms with E-state index < -0.39 is 0 Å². The molecule has 0 saturated heterocycles. The molecule has 2 aromatic carbocycles. The summed E-state index contributed by atoms with van der Waals surface area (Å²) in [5, 5.41) is 0. The smallest absolute Gasteiger partial charge is 0.132 e. The summed E-state index contributed by atoms with van der Waals surface area (Å²) in [6, 6.07) is 20.3. The van der Waals surface area contributed by atoms with Crippen LogP contribution in [0.5, 0.6) is 0 Å². The molecular weight excluding hydrogens is 234 g/mol. The second-order valence-electron chi connectivity index (χ2n) is 4.48. The fourth-order valence-electron chi connectivity index (χ4n) is 2.09. The minimum Gasteiger partial charge on any atom is -0.338 e. The van der Waals surface area contributed by atoms with Gasteiger partial charge in [0.2, 0.25) is 0 Å². The highest BCUT2D eigenvalue weighted by Crippen LogP contribution is 2.18. The first-order valence-electron chi connectivity index (χ1n) is 6.25. The van der Waals surface area contributed by atoms with Crippen LogP contribution >= 0.6 is 0 Å². The molecule has 3 aromatic rings. The Morgan fingerprint density at radius 1 is 0.895 bits per heavy atom. The standard InChI is InChI=1S/C16H15N3/c17-19-12-15(14-9-5-2-6-10-14)18-16(19)11-13-7-3-1-4-8-13/h1-10,12H,11,17H2. The molecule has 0 aliphatic heterocycles. The van der Waals surface area contributed by atoms with Crippen LogP contribution in [-0.2, 0) is 6.42 Å². The van der Waals surface area contributed by atoms with Gasteiger partial charge < -0.3 is 5.84 Å². The number of benzene rings is 2. The SMILES string of the molecule is Nn1cc(-c2ccccc2)nc1Cc1ccccc1. The summed E-state index contributed by atoms with van der Waals surface area (Å²) in [6.07, 6.45) is 2.61. The highest BCUT2D eigenvalue weighted by atomic mass is 15.3. The zero-order valence-corrected chi connectivity index (χ0v) is 10.5. The molecule has 1 aromatic heterocycles. The van der Waals surface area contributed by atoms with Gasteiger partial charge in [-0.05, 0) is 5.56 Å². The Morgan fingerprint density at radius 2 is 1.53 bits per heavy atom. The number of imidazole rings is 1. The number of hydrogen-bond donors (Lipinski definition) is 1. The van der Waals surface area contributed by atoms with Crippen molar-refractivity contribution in [1.29, 1.82) is 0 Å². The average molecular weight is 249 g/mol. The summed E-state index contributed by atoms with van der Waals surface area (Å²) in [6.45, 7) is 0. The van der Waals surface area contributed by atoms with Crippen LogP contribution in [0.1, 0.15) is 11.4 Å². The second-order valence-corrected chi connectivity index (χ2v) is 4.48. The van der Waals surface area contributed by atoms with Crippen LogP contribution in [0.15, 0.2) is 66.9 Å². The lowest BCUT2D eigenvalue weighted by molar-refractivity contribution is 0.877. The van der Waals surface area contributed by atoms with E-state index in [1.165, 1.54) is 5.56 Å². The van der Waals surface area contributed by atoms with Gasteiger partial charge in [0, 0.05) is 12.0 Å². The first kappa shape index (κ1) is 11.5. The average Bonchev–Trinajstić information content (AvgIpc) is 2.82. The first-order chi connectivity index (χ1) is 9.33. The molecular formula is C16H15N3. The molecule has 3 nitrogen and oxygen atoms in total. The molecule has 0 aliphatic carbocycles. The quantitative estimate of drug-likeness (QED) is 0.725. The minimum atomic E-state index is 0.740. The highest BCUT2D eigenvalue weighted by molar-refractivity contribution is 5.58. The van der Waals surface area contributed by atoms with Gasteiger partial charge in [-0.15, -0.1) is 0 Å². The molecule has 0 radical (unpaired) electrons. The van der Waals surface area contributed by atoms with Gasteiger partial charge in [0.05, 0.1) is 11.9 Å². The van der Waals surface area contributed by atoms with Gasteiger partial charge in [-0.1, -0.05) is 60.7 Å². The van der Waals surface area contributed by atoms with Crippen molar-refractivity contribution in [3.05, 3.63) is 78.2 Å². The topological polar surface area (TPSA) is 43.8 Å². The van der Waals surface area contributed by atoms with Crippen LogP contribution in [0, 0.1) is 0 Å². The summed E-state index contributed by atoms with van der Waals surface area (Å²) in [4.78, 5) is 4.61. The van der Waals surface area contributed by atoms with E-state index in [2.05, 4.69) is 17.1 Å². The fourth-order valence-corrected chi connectivity index (χ4v) is 2.09. The van der Waals surface area contributed by atoms with E-state index in [4.69, 9.17) is 5.84 Å². The Labute approximate surface area is 112 Å². The van der Waals surface area contributed by atoms with Crippen LogP contribution in [0.2, 0.25) is 0 Å². The van der Waals surface area contributed by atoms with Crippen LogP contribution in [0.25, 0.3) is 11.3 Å².